The van der Waals surface area contributed by atoms with Gasteiger partial charge in [0.05, 0.1) is 18.3 Å². The second-order valence-corrected chi connectivity index (χ2v) is 4.03. The monoisotopic (exact) mass is 300 g/mol. The molecule has 0 atom stereocenters. The van der Waals surface area contributed by atoms with Crippen LogP contribution in [-0.4, -0.2) is 27.5 Å². The number of rotatable bonds is 5. The van der Waals surface area contributed by atoms with Crippen molar-refractivity contribution in [2.24, 2.45) is 7.05 Å². The normalized spacial score (nSPS) is 10.7. The van der Waals surface area contributed by atoms with Gasteiger partial charge in [-0.15, -0.1) is 0 Å². The molecule has 1 amide bonds. The predicted octanol–water partition coefficient (Wildman–Crippen LogP) is 1.49. The van der Waals surface area contributed by atoms with Gasteiger partial charge in [0.2, 0.25) is 0 Å². The first-order valence-corrected chi connectivity index (χ1v) is 5.83. The van der Waals surface area contributed by atoms with E-state index in [1.54, 1.807) is 7.05 Å². The van der Waals surface area contributed by atoms with Gasteiger partial charge in [0.15, 0.2) is 0 Å². The fraction of sp³-hybridized carbons (Fsp3) is 0.250. The van der Waals surface area contributed by atoms with E-state index in [2.05, 4.69) is 20.3 Å². The minimum Gasteiger partial charge on any atom is -0.435 e. The van der Waals surface area contributed by atoms with E-state index in [0.717, 1.165) is 18.2 Å². The molecule has 1 aromatic heterocycles. The summed E-state index contributed by atoms with van der Waals surface area (Å²) in [6.45, 7) is -2.98. The Morgan fingerprint density at radius 2 is 2.24 bits per heavy atom. The van der Waals surface area contributed by atoms with Gasteiger partial charge in [0.1, 0.15) is 17.3 Å². The summed E-state index contributed by atoms with van der Waals surface area (Å²) in [5, 5.41) is 10.2. The molecule has 1 N–H and O–H groups in total. The minimum absolute atomic E-state index is 0.0708. The molecule has 6 nitrogen and oxygen atoms in total. The SMILES string of the molecule is Cn1ncc(CNC(=O)c2ccc(OC(F)F)cc2F)n1. The number of ether oxygens (including phenoxy) is 1. The van der Waals surface area contributed by atoms with Crippen LogP contribution < -0.4 is 10.1 Å². The zero-order valence-electron chi connectivity index (χ0n) is 10.9. The number of hydrogen-bond donors (Lipinski definition) is 1. The van der Waals surface area contributed by atoms with E-state index < -0.39 is 18.3 Å². The number of carbonyl (C=O) groups is 1. The van der Waals surface area contributed by atoms with Crippen LogP contribution in [0.2, 0.25) is 0 Å². The summed E-state index contributed by atoms with van der Waals surface area (Å²) in [5.41, 5.74) is 0.226. The molecule has 0 saturated carbocycles. The number of hydrogen-bond acceptors (Lipinski definition) is 4. The lowest BCUT2D eigenvalue weighted by Gasteiger charge is -2.07. The molecule has 9 heteroatoms. The summed E-state index contributed by atoms with van der Waals surface area (Å²) < 4.78 is 41.7. The molecule has 0 spiro atoms. The molecule has 1 aromatic carbocycles. The number of amides is 1. The molecule has 0 aliphatic carbocycles. The lowest BCUT2D eigenvalue weighted by atomic mass is 10.2. The molecule has 112 valence electrons. The van der Waals surface area contributed by atoms with Crippen LogP contribution in [0.15, 0.2) is 24.4 Å². The van der Waals surface area contributed by atoms with Crippen molar-refractivity contribution in [3.63, 3.8) is 0 Å². The highest BCUT2D eigenvalue weighted by molar-refractivity contribution is 5.94. The van der Waals surface area contributed by atoms with Crippen molar-refractivity contribution in [2.75, 3.05) is 0 Å². The zero-order chi connectivity index (χ0) is 15.4. The lowest BCUT2D eigenvalue weighted by molar-refractivity contribution is -0.0499. The van der Waals surface area contributed by atoms with E-state index in [0.29, 0.717) is 5.69 Å². The second kappa shape index (κ2) is 6.25. The van der Waals surface area contributed by atoms with Crippen molar-refractivity contribution in [3.8, 4) is 5.75 Å². The summed E-state index contributed by atoms with van der Waals surface area (Å²) in [4.78, 5) is 13.1. The smallest absolute Gasteiger partial charge is 0.387 e. The molecule has 0 aliphatic rings. The van der Waals surface area contributed by atoms with E-state index in [1.807, 2.05) is 0 Å². The quantitative estimate of drug-likeness (QED) is 0.908. The first-order chi connectivity index (χ1) is 9.95. The fourth-order valence-corrected chi connectivity index (χ4v) is 1.59. The third-order valence-corrected chi connectivity index (χ3v) is 2.49. The molecule has 0 bridgehead atoms. The Bertz CT molecular complexity index is 645. The average molecular weight is 300 g/mol. The van der Waals surface area contributed by atoms with Crippen LogP contribution in [0, 0.1) is 5.82 Å². The highest BCUT2D eigenvalue weighted by Crippen LogP contribution is 2.18. The fourth-order valence-electron chi connectivity index (χ4n) is 1.59. The molecule has 2 rings (SSSR count). The van der Waals surface area contributed by atoms with Gasteiger partial charge in [-0.3, -0.25) is 4.79 Å². The minimum atomic E-state index is -3.05. The summed E-state index contributed by atoms with van der Waals surface area (Å²) >= 11 is 0. The van der Waals surface area contributed by atoms with Gasteiger partial charge in [-0.05, 0) is 12.1 Å². The molecule has 0 aliphatic heterocycles. The molecule has 0 saturated heterocycles. The Hall–Kier alpha value is -2.58. The summed E-state index contributed by atoms with van der Waals surface area (Å²) in [7, 11) is 1.62. The predicted molar refractivity (Wildman–Crippen MR) is 65.2 cm³/mol. The largest absolute Gasteiger partial charge is 0.435 e. The van der Waals surface area contributed by atoms with Gasteiger partial charge < -0.3 is 10.1 Å². The Kier molecular flexibility index (Phi) is 4.41. The van der Waals surface area contributed by atoms with Gasteiger partial charge in [-0.2, -0.15) is 23.8 Å². The van der Waals surface area contributed by atoms with Crippen molar-refractivity contribution in [1.82, 2.24) is 20.3 Å². The van der Waals surface area contributed by atoms with Crippen LogP contribution >= 0.6 is 0 Å². The number of nitrogens with one attached hydrogen (secondary N) is 1. The van der Waals surface area contributed by atoms with Gasteiger partial charge in [-0.25, -0.2) is 4.39 Å². The van der Waals surface area contributed by atoms with E-state index in [9.17, 15) is 18.0 Å². The van der Waals surface area contributed by atoms with Crippen LogP contribution in [0.25, 0.3) is 0 Å². The van der Waals surface area contributed by atoms with Crippen LogP contribution in [0.5, 0.6) is 5.75 Å². The van der Waals surface area contributed by atoms with Crippen molar-refractivity contribution in [1.29, 1.82) is 0 Å². The second-order valence-electron chi connectivity index (χ2n) is 4.03. The molecule has 0 fully saturated rings. The Morgan fingerprint density at radius 3 is 2.81 bits per heavy atom. The summed E-state index contributed by atoms with van der Waals surface area (Å²) in [6, 6.07) is 2.88. The van der Waals surface area contributed by atoms with E-state index in [-0.39, 0.29) is 17.9 Å². The maximum atomic E-state index is 13.7. The standard InChI is InChI=1S/C12H11F3N4O2/c1-19-17-6-7(18-19)5-16-11(20)9-3-2-8(4-10(9)13)21-12(14)15/h2-4,6,12H,5H2,1H3,(H,16,20). The van der Waals surface area contributed by atoms with Gasteiger partial charge in [0.25, 0.3) is 5.91 Å². The highest BCUT2D eigenvalue weighted by Gasteiger charge is 2.14. The first kappa shape index (κ1) is 14.8. The van der Waals surface area contributed by atoms with Crippen LogP contribution in [0.3, 0.4) is 0 Å². The van der Waals surface area contributed by atoms with Crippen molar-refractivity contribution in [2.45, 2.75) is 13.2 Å². The van der Waals surface area contributed by atoms with E-state index in [4.69, 9.17) is 0 Å². The highest BCUT2D eigenvalue weighted by atomic mass is 19.3. The number of nitrogens with zero attached hydrogens (tertiary/aromatic N) is 3. The van der Waals surface area contributed by atoms with Crippen molar-refractivity contribution >= 4 is 5.91 Å². The summed E-state index contributed by atoms with van der Waals surface area (Å²) in [5.74, 6) is -2.00. The molecule has 0 radical (unpaired) electrons. The maximum absolute atomic E-state index is 13.7. The Labute approximate surface area is 117 Å². The molecule has 21 heavy (non-hydrogen) atoms. The zero-order valence-corrected chi connectivity index (χ0v) is 10.9. The maximum Gasteiger partial charge on any atom is 0.387 e. The number of aryl methyl sites for hydroxylation is 1. The summed E-state index contributed by atoms with van der Waals surface area (Å²) in [6.07, 6.45) is 1.45. The number of alkyl halides is 2. The topological polar surface area (TPSA) is 69.0 Å². The molecular weight excluding hydrogens is 289 g/mol. The van der Waals surface area contributed by atoms with E-state index in [1.165, 1.54) is 11.0 Å². The van der Waals surface area contributed by atoms with E-state index >= 15 is 0 Å². The number of aromatic nitrogens is 3. The molecule has 1 heterocycles. The lowest BCUT2D eigenvalue weighted by Crippen LogP contribution is -2.24. The Balaban J connectivity index is 2.02. The molecule has 2 aromatic rings. The first-order valence-electron chi connectivity index (χ1n) is 5.83. The Morgan fingerprint density at radius 1 is 1.48 bits per heavy atom. The van der Waals surface area contributed by atoms with Crippen molar-refractivity contribution in [3.05, 3.63) is 41.5 Å². The molecule has 0 unspecified atom stereocenters. The number of carbonyl (C=O) groups excluding carboxylic acids is 1. The van der Waals surface area contributed by atoms with Gasteiger partial charge in [0, 0.05) is 13.1 Å². The van der Waals surface area contributed by atoms with Gasteiger partial charge in [-0.1, -0.05) is 0 Å². The van der Waals surface area contributed by atoms with Crippen LogP contribution in [-0.2, 0) is 13.6 Å². The van der Waals surface area contributed by atoms with Gasteiger partial charge >= 0.3 is 6.61 Å². The molecular formula is C12H11F3N4O2. The van der Waals surface area contributed by atoms with Crippen molar-refractivity contribution < 1.29 is 22.7 Å². The third kappa shape index (κ3) is 3.94. The third-order valence-electron chi connectivity index (χ3n) is 2.49. The number of halogens is 3. The van der Waals surface area contributed by atoms with Crippen LogP contribution in [0.1, 0.15) is 16.1 Å². The average Bonchev–Trinajstić information content (AvgIpc) is 2.81. The van der Waals surface area contributed by atoms with Crippen LogP contribution in [0.4, 0.5) is 13.2 Å². The number of benzene rings is 1.